The maximum absolute atomic E-state index is 14.6. The van der Waals surface area contributed by atoms with Gasteiger partial charge in [0.2, 0.25) is 6.29 Å². The van der Waals surface area contributed by atoms with Crippen LogP contribution in [0.4, 0.5) is 0 Å². The summed E-state index contributed by atoms with van der Waals surface area (Å²) in [5.41, 5.74) is -0.448. The number of carbonyl (C=O) groups excluding carboxylic acids is 1. The molecule has 318 valence electrons. The fraction of sp³-hybridized carbons (Fsp3) is 0.905. The van der Waals surface area contributed by atoms with Gasteiger partial charge in [0.15, 0.2) is 12.4 Å². The van der Waals surface area contributed by atoms with Crippen LogP contribution in [0.25, 0.3) is 0 Å². The average Bonchev–Trinajstić information content (AvgIpc) is 3.12. The number of hydrogen-bond acceptors (Lipinski definition) is 13. The van der Waals surface area contributed by atoms with Gasteiger partial charge >= 0.3 is 11.9 Å². The van der Waals surface area contributed by atoms with E-state index in [0.29, 0.717) is 25.2 Å². The highest BCUT2D eigenvalue weighted by atomic mass is 16.7. The summed E-state index contributed by atoms with van der Waals surface area (Å²) in [5.74, 6) is -1.52. The molecule has 6 fully saturated rings. The molecule has 7 aliphatic rings. The summed E-state index contributed by atoms with van der Waals surface area (Å²) < 4.78 is 23.5. The normalized spacial score (nSPS) is 52.3. The summed E-state index contributed by atoms with van der Waals surface area (Å²) in [6.45, 7) is 15.5. The molecule has 0 aromatic heterocycles. The van der Waals surface area contributed by atoms with E-state index in [1.807, 2.05) is 0 Å². The van der Waals surface area contributed by atoms with Crippen molar-refractivity contribution in [1.29, 1.82) is 0 Å². The van der Waals surface area contributed by atoms with E-state index < -0.39 is 96.9 Å². The number of allylic oxidation sites excluding steroid dienone is 2. The molecule has 4 saturated carbocycles. The minimum atomic E-state index is -1.79. The van der Waals surface area contributed by atoms with Gasteiger partial charge in [-0.2, -0.15) is 0 Å². The number of fused-ring (bicyclic) bond motifs is 7. The number of carbonyl (C=O) groups is 2. The Bertz CT molecular complexity index is 1560. The molecule has 0 bridgehead atoms. The summed E-state index contributed by atoms with van der Waals surface area (Å²) in [6, 6.07) is 0. The van der Waals surface area contributed by atoms with Gasteiger partial charge < -0.3 is 59.8 Å². The molecule has 7 rings (SSSR count). The molecular weight excluding hydrogens is 728 g/mol. The monoisotopic (exact) mass is 794 g/mol. The second-order valence-electron chi connectivity index (χ2n) is 20.7. The third kappa shape index (κ3) is 6.17. The summed E-state index contributed by atoms with van der Waals surface area (Å²) in [4.78, 5) is 26.4. The van der Waals surface area contributed by atoms with E-state index in [1.165, 1.54) is 5.57 Å². The van der Waals surface area contributed by atoms with Gasteiger partial charge in [-0.05, 0) is 109 Å². The van der Waals surface area contributed by atoms with Crippen LogP contribution in [-0.2, 0) is 28.5 Å². The molecule has 14 heteroatoms. The number of carboxylic acids is 1. The minimum Gasteiger partial charge on any atom is -0.479 e. The van der Waals surface area contributed by atoms with Crippen LogP contribution in [-0.4, -0.2) is 127 Å². The van der Waals surface area contributed by atoms with E-state index in [9.17, 15) is 50.4 Å². The lowest BCUT2D eigenvalue weighted by molar-refractivity contribution is -0.324. The Kier molecular flexibility index (Phi) is 10.8. The zero-order valence-corrected chi connectivity index (χ0v) is 34.0. The third-order valence-electron chi connectivity index (χ3n) is 17.2. The van der Waals surface area contributed by atoms with Gasteiger partial charge in [-0.1, -0.05) is 60.1 Å². The van der Waals surface area contributed by atoms with Crippen LogP contribution in [0.2, 0.25) is 0 Å². The number of hydrogen-bond donors (Lipinski definition) is 8. The van der Waals surface area contributed by atoms with Gasteiger partial charge in [0.05, 0.1) is 18.1 Å². The van der Waals surface area contributed by atoms with Crippen LogP contribution < -0.4 is 0 Å². The number of esters is 1. The van der Waals surface area contributed by atoms with Gasteiger partial charge in [0, 0.05) is 0 Å². The van der Waals surface area contributed by atoms with Gasteiger partial charge in [0.1, 0.15) is 42.7 Å². The van der Waals surface area contributed by atoms with Crippen LogP contribution in [0.3, 0.4) is 0 Å². The molecule has 2 heterocycles. The van der Waals surface area contributed by atoms with Crippen LogP contribution in [0, 0.1) is 50.2 Å². The van der Waals surface area contributed by atoms with Crippen LogP contribution in [0.5, 0.6) is 0 Å². The molecule has 56 heavy (non-hydrogen) atoms. The van der Waals surface area contributed by atoms with Crippen molar-refractivity contribution in [3.05, 3.63) is 11.6 Å². The Morgan fingerprint density at radius 1 is 0.750 bits per heavy atom. The number of carboxylic acid groups (broad SMARTS) is 1. The number of ether oxygens (including phenoxy) is 4. The molecule has 2 saturated heterocycles. The average molecular weight is 795 g/mol. The predicted molar refractivity (Wildman–Crippen MR) is 198 cm³/mol. The van der Waals surface area contributed by atoms with Gasteiger partial charge in [-0.25, -0.2) is 4.79 Å². The number of rotatable bonds is 6. The van der Waals surface area contributed by atoms with Crippen molar-refractivity contribution in [2.75, 3.05) is 6.61 Å². The van der Waals surface area contributed by atoms with Crippen molar-refractivity contribution in [2.24, 2.45) is 50.2 Å². The lowest BCUT2D eigenvalue weighted by atomic mass is 9.33. The first-order valence-corrected chi connectivity index (χ1v) is 20.8. The van der Waals surface area contributed by atoms with Crippen molar-refractivity contribution in [1.82, 2.24) is 0 Å². The second kappa shape index (κ2) is 14.2. The number of aliphatic hydroxyl groups excluding tert-OH is 7. The maximum Gasteiger partial charge on any atom is 0.335 e. The first-order valence-electron chi connectivity index (χ1n) is 20.8. The molecule has 0 aromatic rings. The van der Waals surface area contributed by atoms with Crippen LogP contribution >= 0.6 is 0 Å². The Labute approximate surface area is 329 Å². The third-order valence-corrected chi connectivity index (χ3v) is 17.2. The maximum atomic E-state index is 14.6. The predicted octanol–water partition coefficient (Wildman–Crippen LogP) is 2.41. The van der Waals surface area contributed by atoms with Crippen molar-refractivity contribution in [2.45, 2.75) is 180 Å². The first kappa shape index (κ1) is 42.4. The fourth-order valence-electron chi connectivity index (χ4n) is 13.5. The highest BCUT2D eigenvalue weighted by Gasteiger charge is 2.70. The second-order valence-corrected chi connectivity index (χ2v) is 20.7. The van der Waals surface area contributed by atoms with Crippen molar-refractivity contribution in [3.8, 4) is 0 Å². The van der Waals surface area contributed by atoms with E-state index >= 15 is 0 Å². The molecule has 2 aliphatic heterocycles. The molecule has 0 aromatic carbocycles. The Balaban J connectivity index is 1.16. The number of aliphatic hydroxyl groups is 7. The van der Waals surface area contributed by atoms with E-state index in [2.05, 4.69) is 54.5 Å². The molecule has 0 spiro atoms. The molecular formula is C42H66O14. The fourth-order valence-corrected chi connectivity index (χ4v) is 13.5. The standard InChI is InChI=1S/C42H66O14/c1-37(2)14-16-42(36(52)56-34-30(48)27(45)26(44)22(19-43)53-34)17-15-40(6)20(21(42)18-37)8-9-24-39(5)12-11-25(38(3,4)23(39)10-13-41(24,40)7)54-35-31(49)28(46)29(47)32(55-35)33(50)51/h8,21-32,34-35,43-49H,9-19H2,1-7H3,(H,50,51)/t21-,22+,23+,24+,25-,26+,27-,28-,29-,30+,31+,32-,34-,35+,39-,40+,41+,42-/m0/s1. The summed E-state index contributed by atoms with van der Waals surface area (Å²) in [5, 5.41) is 82.4. The quantitative estimate of drug-likeness (QED) is 0.110. The molecule has 5 aliphatic carbocycles. The van der Waals surface area contributed by atoms with Gasteiger partial charge in [-0.15, -0.1) is 0 Å². The Morgan fingerprint density at radius 2 is 1.39 bits per heavy atom. The van der Waals surface area contributed by atoms with E-state index in [4.69, 9.17) is 18.9 Å². The van der Waals surface area contributed by atoms with E-state index in [0.717, 1.165) is 44.9 Å². The topological polar surface area (TPSA) is 233 Å². The summed E-state index contributed by atoms with van der Waals surface area (Å²) in [6.07, 6.45) is -6.14. The molecule has 0 radical (unpaired) electrons. The van der Waals surface area contributed by atoms with E-state index in [-0.39, 0.29) is 33.5 Å². The molecule has 0 unspecified atom stereocenters. The van der Waals surface area contributed by atoms with Crippen LogP contribution in [0.15, 0.2) is 11.6 Å². The molecule has 0 amide bonds. The zero-order chi connectivity index (χ0) is 41.1. The number of aliphatic carboxylic acids is 1. The van der Waals surface area contributed by atoms with Gasteiger partial charge in [0.25, 0.3) is 0 Å². The van der Waals surface area contributed by atoms with Crippen molar-refractivity contribution in [3.63, 3.8) is 0 Å². The Hall–Kier alpha value is -1.72. The van der Waals surface area contributed by atoms with E-state index in [1.54, 1.807) is 0 Å². The van der Waals surface area contributed by atoms with Crippen molar-refractivity contribution >= 4 is 11.9 Å². The smallest absolute Gasteiger partial charge is 0.335 e. The van der Waals surface area contributed by atoms with Crippen molar-refractivity contribution < 1.29 is 69.4 Å². The molecule has 18 atom stereocenters. The highest BCUT2D eigenvalue weighted by molar-refractivity contribution is 5.79. The minimum absolute atomic E-state index is 0.0330. The summed E-state index contributed by atoms with van der Waals surface area (Å²) in [7, 11) is 0. The SMILES string of the molecule is CC1(C)CC[C@]2(C(=O)O[C@@H]3O[C@H](CO)[C@@H](O)[C@H](O)[C@H]3O)CC[C@]3(C)C(=CC[C@@H]4[C@@]5(C)CC[C@H](O[C@@H]6O[C@H](C(=O)O)[C@@H](O)[C@H](O)[C@H]6O)C(C)(C)[C@H]5CC[C@]43C)[C@@H]2C1. The molecule has 14 nitrogen and oxygen atoms in total. The van der Waals surface area contributed by atoms with Gasteiger partial charge in [-0.3, -0.25) is 4.79 Å². The molecule has 8 N–H and O–H groups in total. The Morgan fingerprint density at radius 3 is 2.05 bits per heavy atom. The van der Waals surface area contributed by atoms with Crippen LogP contribution in [0.1, 0.15) is 113 Å². The lowest BCUT2D eigenvalue weighted by Gasteiger charge is -2.71. The largest absolute Gasteiger partial charge is 0.479 e. The summed E-state index contributed by atoms with van der Waals surface area (Å²) >= 11 is 0. The lowest BCUT2D eigenvalue weighted by Crippen LogP contribution is -2.66. The first-order chi connectivity index (χ1) is 26.0. The zero-order valence-electron chi connectivity index (χ0n) is 34.0. The highest BCUT2D eigenvalue weighted by Crippen LogP contribution is 2.76.